The maximum atomic E-state index is 13.8. The number of imidazole rings is 1. The van der Waals surface area contributed by atoms with Crippen molar-refractivity contribution in [3.05, 3.63) is 88.8 Å². The van der Waals surface area contributed by atoms with Crippen LogP contribution in [0.1, 0.15) is 36.5 Å². The van der Waals surface area contributed by atoms with Gasteiger partial charge in [0.15, 0.2) is 5.78 Å². The van der Waals surface area contributed by atoms with Crippen LogP contribution < -0.4 is 10.4 Å². The van der Waals surface area contributed by atoms with Crippen molar-refractivity contribution in [3.8, 4) is 11.4 Å². The lowest BCUT2D eigenvalue weighted by Gasteiger charge is -2.32. The second kappa shape index (κ2) is 10.5. The highest BCUT2D eigenvalue weighted by Crippen LogP contribution is 2.37. The number of halogens is 2. The normalized spacial score (nSPS) is 16.6. The van der Waals surface area contributed by atoms with Gasteiger partial charge in [0.25, 0.3) is 10.0 Å². The number of aromatic nitrogens is 2. The molecule has 1 saturated heterocycles. The van der Waals surface area contributed by atoms with E-state index >= 15 is 0 Å². The first kappa shape index (κ1) is 28.7. The Labute approximate surface area is 235 Å². The summed E-state index contributed by atoms with van der Waals surface area (Å²) in [7, 11) is -7.59. The average Bonchev–Trinajstić information content (AvgIpc) is 3.22. The van der Waals surface area contributed by atoms with Crippen LogP contribution in [0, 0.1) is 5.41 Å². The Morgan fingerprint density at radius 1 is 0.976 bits per heavy atom. The molecule has 41 heavy (non-hydrogen) atoms. The van der Waals surface area contributed by atoms with Crippen molar-refractivity contribution in [1.29, 1.82) is 0 Å². The summed E-state index contributed by atoms with van der Waals surface area (Å²) in [5.41, 5.74) is -1.28. The number of ether oxygens (including phenoxy) is 1. The molecule has 0 saturated carbocycles. The van der Waals surface area contributed by atoms with E-state index in [1.165, 1.54) is 66.7 Å². The van der Waals surface area contributed by atoms with Crippen molar-refractivity contribution < 1.29 is 35.1 Å². The lowest BCUT2D eigenvalue weighted by Crippen LogP contribution is -2.33. The van der Waals surface area contributed by atoms with Gasteiger partial charge in [0.2, 0.25) is 0 Å². The van der Waals surface area contributed by atoms with E-state index in [2.05, 4.69) is 4.74 Å². The minimum Gasteiger partial charge on any atom is -0.435 e. The molecule has 1 aromatic heterocycles. The second-order valence-electron chi connectivity index (χ2n) is 10.3. The largest absolute Gasteiger partial charge is 0.435 e. The molecule has 0 aliphatic carbocycles. The van der Waals surface area contributed by atoms with Crippen LogP contribution in [-0.4, -0.2) is 49.3 Å². The van der Waals surface area contributed by atoms with Gasteiger partial charge in [-0.2, -0.15) is 12.8 Å². The number of sulfone groups is 1. The number of rotatable bonds is 8. The van der Waals surface area contributed by atoms with Crippen molar-refractivity contribution in [2.45, 2.75) is 37.7 Å². The van der Waals surface area contributed by atoms with E-state index in [1.807, 2.05) is 6.92 Å². The van der Waals surface area contributed by atoms with Crippen LogP contribution in [0.3, 0.4) is 0 Å². The Morgan fingerprint density at radius 3 is 2.32 bits per heavy atom. The van der Waals surface area contributed by atoms with Crippen LogP contribution in [-0.2, 0) is 19.9 Å². The Hall–Kier alpha value is -3.84. The van der Waals surface area contributed by atoms with Gasteiger partial charge >= 0.3 is 12.3 Å². The van der Waals surface area contributed by atoms with Crippen LogP contribution in [0.15, 0.2) is 82.5 Å². The summed E-state index contributed by atoms with van der Waals surface area (Å²) in [6, 6.07) is 16.8. The maximum Gasteiger partial charge on any atom is 0.387 e. The maximum absolute atomic E-state index is 13.8. The minimum absolute atomic E-state index is 0.0120. The third-order valence-electron chi connectivity index (χ3n) is 7.33. The molecule has 0 amide bonds. The topological polar surface area (TPSA) is 122 Å². The van der Waals surface area contributed by atoms with Crippen LogP contribution in [0.5, 0.6) is 5.75 Å². The highest BCUT2D eigenvalue weighted by atomic mass is 32.2. The Bertz CT molecular complexity index is 1900. The highest BCUT2D eigenvalue weighted by molar-refractivity contribution is 7.91. The molecule has 1 aliphatic rings. The van der Waals surface area contributed by atoms with Crippen LogP contribution >= 0.6 is 0 Å². The molecule has 0 unspecified atom stereocenters. The number of carbonyl (C=O) groups excluding carboxylic acids is 1. The number of ketones is 1. The van der Waals surface area contributed by atoms with E-state index in [1.54, 1.807) is 6.07 Å². The molecule has 0 radical (unpaired) electrons. The van der Waals surface area contributed by atoms with Gasteiger partial charge in [0.05, 0.1) is 33.1 Å². The number of hydrogen-bond acceptors (Lipinski definition) is 7. The third-order valence-corrected chi connectivity index (χ3v) is 10.7. The SMILES string of the molecule is CC1(CC(=O)c2ccc3c(c2)n(S(=O)(=O)c2ccccc2)c(=O)n3-c2cccc(OC(F)F)c2)CCS(=O)(=O)CC1. The van der Waals surface area contributed by atoms with Gasteiger partial charge in [0.1, 0.15) is 15.6 Å². The fraction of sp³-hybridized carbons (Fsp3) is 0.286. The summed E-state index contributed by atoms with van der Waals surface area (Å²) in [6.45, 7) is -1.26. The molecule has 0 atom stereocenters. The van der Waals surface area contributed by atoms with Gasteiger partial charge in [-0.15, -0.1) is 0 Å². The monoisotopic (exact) mass is 604 g/mol. The number of fused-ring (bicyclic) bond motifs is 1. The zero-order valence-corrected chi connectivity index (χ0v) is 23.5. The first-order valence-electron chi connectivity index (χ1n) is 12.7. The Balaban J connectivity index is 1.66. The summed E-state index contributed by atoms with van der Waals surface area (Å²) >= 11 is 0. The lowest BCUT2D eigenvalue weighted by atomic mass is 9.78. The zero-order chi connectivity index (χ0) is 29.6. The number of nitrogens with zero attached hydrogens (tertiary/aromatic N) is 2. The van der Waals surface area contributed by atoms with E-state index in [0.29, 0.717) is 16.8 Å². The van der Waals surface area contributed by atoms with E-state index in [0.717, 1.165) is 4.57 Å². The van der Waals surface area contributed by atoms with Crippen molar-refractivity contribution in [2.24, 2.45) is 5.41 Å². The van der Waals surface area contributed by atoms with E-state index in [4.69, 9.17) is 0 Å². The number of benzene rings is 3. The molecule has 0 N–H and O–H groups in total. The zero-order valence-electron chi connectivity index (χ0n) is 21.9. The molecule has 9 nitrogen and oxygen atoms in total. The highest BCUT2D eigenvalue weighted by Gasteiger charge is 2.35. The van der Waals surface area contributed by atoms with Crippen LogP contribution in [0.4, 0.5) is 8.78 Å². The number of hydrogen-bond donors (Lipinski definition) is 0. The predicted molar refractivity (Wildman–Crippen MR) is 148 cm³/mol. The lowest BCUT2D eigenvalue weighted by molar-refractivity contribution is -0.0498. The van der Waals surface area contributed by atoms with Crippen molar-refractivity contribution in [2.75, 3.05) is 11.5 Å². The molecule has 0 bridgehead atoms. The van der Waals surface area contributed by atoms with Gasteiger partial charge < -0.3 is 4.74 Å². The van der Waals surface area contributed by atoms with Gasteiger partial charge in [-0.25, -0.2) is 21.6 Å². The Morgan fingerprint density at radius 2 is 1.66 bits per heavy atom. The second-order valence-corrected chi connectivity index (χ2v) is 14.4. The first-order valence-corrected chi connectivity index (χ1v) is 15.9. The molecule has 216 valence electrons. The minimum atomic E-state index is -4.45. The number of Topliss-reactive ketones (excluding diaryl/α,β-unsaturated/α-hetero) is 1. The van der Waals surface area contributed by atoms with Crippen molar-refractivity contribution in [1.82, 2.24) is 8.54 Å². The van der Waals surface area contributed by atoms with Gasteiger partial charge in [-0.3, -0.25) is 9.36 Å². The van der Waals surface area contributed by atoms with Crippen LogP contribution in [0.25, 0.3) is 16.7 Å². The number of alkyl halides is 2. The number of carbonyl (C=O) groups is 1. The van der Waals surface area contributed by atoms with Gasteiger partial charge in [-0.05, 0) is 60.7 Å². The first-order chi connectivity index (χ1) is 19.3. The van der Waals surface area contributed by atoms with Crippen LogP contribution in [0.2, 0.25) is 0 Å². The summed E-state index contributed by atoms with van der Waals surface area (Å²) in [5, 5.41) is 0. The summed E-state index contributed by atoms with van der Waals surface area (Å²) in [5.74, 6) is -0.584. The van der Waals surface area contributed by atoms with Crippen molar-refractivity contribution in [3.63, 3.8) is 0 Å². The molecular weight excluding hydrogens is 578 g/mol. The van der Waals surface area contributed by atoms with E-state index < -0.39 is 37.6 Å². The summed E-state index contributed by atoms with van der Waals surface area (Å²) in [6.07, 6.45) is 0.686. The summed E-state index contributed by atoms with van der Waals surface area (Å²) < 4.78 is 83.0. The molecule has 2 heterocycles. The van der Waals surface area contributed by atoms with Crippen molar-refractivity contribution >= 4 is 36.7 Å². The molecule has 5 rings (SSSR count). The molecular formula is C28H26F2N2O7S2. The molecule has 3 aromatic carbocycles. The molecule has 1 aliphatic heterocycles. The van der Waals surface area contributed by atoms with Gasteiger partial charge in [0, 0.05) is 18.1 Å². The third kappa shape index (κ3) is 5.68. The predicted octanol–water partition coefficient (Wildman–Crippen LogP) is 4.42. The van der Waals surface area contributed by atoms with E-state index in [-0.39, 0.29) is 56.6 Å². The molecule has 0 spiro atoms. The van der Waals surface area contributed by atoms with Gasteiger partial charge in [-0.1, -0.05) is 31.2 Å². The standard InChI is InChI=1S/C28H26F2N2O7S2/c1-28(12-14-40(35,36)15-13-28)18-25(33)19-10-11-23-24(16-19)32(41(37,38)22-8-3-2-4-9-22)27(34)31(23)20-6-5-7-21(17-20)39-26(29)30/h2-11,16-17,26H,12-15,18H2,1H3. The quantitative estimate of drug-likeness (QED) is 0.273. The fourth-order valence-corrected chi connectivity index (χ4v) is 8.24. The molecule has 13 heteroatoms. The average molecular weight is 605 g/mol. The Kier molecular flexibility index (Phi) is 7.36. The smallest absolute Gasteiger partial charge is 0.387 e. The molecule has 1 fully saturated rings. The fourth-order valence-electron chi connectivity index (χ4n) is 5.02. The van der Waals surface area contributed by atoms with E-state index in [9.17, 15) is 35.2 Å². The summed E-state index contributed by atoms with van der Waals surface area (Å²) in [4.78, 5) is 27.0. The molecule has 4 aromatic rings.